The number of hydrogen-bond donors (Lipinski definition) is 1. The van der Waals surface area contributed by atoms with Gasteiger partial charge in [-0.25, -0.2) is 0 Å². The van der Waals surface area contributed by atoms with Crippen molar-refractivity contribution >= 4 is 11.8 Å². The summed E-state index contributed by atoms with van der Waals surface area (Å²) in [5.74, 6) is 1.13. The summed E-state index contributed by atoms with van der Waals surface area (Å²) in [6.45, 7) is 4.61. The van der Waals surface area contributed by atoms with Crippen molar-refractivity contribution in [3.8, 4) is 0 Å². The van der Waals surface area contributed by atoms with E-state index in [9.17, 15) is 5.11 Å². The van der Waals surface area contributed by atoms with Crippen LogP contribution in [0.25, 0.3) is 0 Å². The average molecular weight is 389 g/mol. The van der Waals surface area contributed by atoms with Gasteiger partial charge in [0.1, 0.15) is 0 Å². The van der Waals surface area contributed by atoms with Gasteiger partial charge < -0.3 is 5.11 Å². The fraction of sp³-hybridized carbons (Fsp3) is 0.520. The second kappa shape index (κ2) is 22.8. The zero-order valence-corrected chi connectivity index (χ0v) is 18.2. The number of allylic oxidation sites excluding steroid dienone is 12. The molecule has 0 rings (SSSR count). The maximum Gasteiger partial charge on any atom is 0.0553 e. The molecule has 0 aromatic heterocycles. The van der Waals surface area contributed by atoms with Crippen molar-refractivity contribution in [2.24, 2.45) is 0 Å². The standard InChI is InChI=1S/C25H40OS/c1-3-5-6-7-8-9-10-11-12-13-14-15-16-17-18-19-20-21-22-25(24-26)27-23-4-2/h5-6,8-9,11-12,14-15,17-18,20-21,25-26H,3-4,7,10,13,16,19,22-24H2,1-2H3/b6-5-,9-8-,12-11-,15-14-,18-17-,21-20+. The van der Waals surface area contributed by atoms with Crippen molar-refractivity contribution in [2.45, 2.75) is 70.5 Å². The van der Waals surface area contributed by atoms with Gasteiger partial charge in [-0.2, -0.15) is 11.8 Å². The molecule has 0 saturated heterocycles. The molecule has 0 radical (unpaired) electrons. The van der Waals surface area contributed by atoms with Gasteiger partial charge in [0, 0.05) is 5.25 Å². The fourth-order valence-electron chi connectivity index (χ4n) is 2.25. The third-order valence-electron chi connectivity index (χ3n) is 3.76. The number of rotatable bonds is 17. The molecule has 0 aliphatic heterocycles. The Kier molecular flexibility index (Phi) is 21.7. The van der Waals surface area contributed by atoms with Crippen molar-refractivity contribution < 1.29 is 5.11 Å². The number of aliphatic hydroxyl groups is 1. The molecule has 0 amide bonds. The first kappa shape index (κ1) is 25.8. The van der Waals surface area contributed by atoms with Crippen LogP contribution in [-0.2, 0) is 0 Å². The van der Waals surface area contributed by atoms with Crippen LogP contribution in [0.15, 0.2) is 72.9 Å². The second-order valence-corrected chi connectivity index (χ2v) is 7.73. The summed E-state index contributed by atoms with van der Waals surface area (Å²) in [6, 6.07) is 0. The van der Waals surface area contributed by atoms with Crippen molar-refractivity contribution in [2.75, 3.05) is 12.4 Å². The lowest BCUT2D eigenvalue weighted by Gasteiger charge is -2.09. The SMILES string of the molecule is CC/C=C\C/C=C\C/C=C\C/C=C\C/C=C\C/C=C/CC(CO)SCCC. The van der Waals surface area contributed by atoms with E-state index in [2.05, 4.69) is 86.8 Å². The molecule has 1 unspecified atom stereocenters. The Morgan fingerprint density at radius 1 is 0.630 bits per heavy atom. The van der Waals surface area contributed by atoms with Gasteiger partial charge in [-0.05, 0) is 57.1 Å². The molecule has 0 fully saturated rings. The maximum absolute atomic E-state index is 9.31. The zero-order valence-electron chi connectivity index (χ0n) is 17.4. The normalized spacial score (nSPS) is 14.3. The lowest BCUT2D eigenvalue weighted by Crippen LogP contribution is -2.07. The molecule has 27 heavy (non-hydrogen) atoms. The van der Waals surface area contributed by atoms with Crippen molar-refractivity contribution in [3.63, 3.8) is 0 Å². The summed E-state index contributed by atoms with van der Waals surface area (Å²) in [4.78, 5) is 0. The molecule has 0 aliphatic rings. The van der Waals surface area contributed by atoms with Crippen LogP contribution in [0.4, 0.5) is 0 Å². The molecule has 0 heterocycles. The van der Waals surface area contributed by atoms with Gasteiger partial charge in [0.15, 0.2) is 0 Å². The summed E-state index contributed by atoms with van der Waals surface area (Å²) in [7, 11) is 0. The van der Waals surface area contributed by atoms with Crippen LogP contribution in [0.5, 0.6) is 0 Å². The Labute approximate surface area is 172 Å². The number of thioether (sulfide) groups is 1. The maximum atomic E-state index is 9.31. The van der Waals surface area contributed by atoms with Gasteiger partial charge >= 0.3 is 0 Å². The smallest absolute Gasteiger partial charge is 0.0553 e. The van der Waals surface area contributed by atoms with Gasteiger partial charge in [0.05, 0.1) is 6.61 Å². The quantitative estimate of drug-likeness (QED) is 0.259. The highest BCUT2D eigenvalue weighted by Crippen LogP contribution is 2.15. The molecule has 152 valence electrons. The largest absolute Gasteiger partial charge is 0.395 e. The van der Waals surface area contributed by atoms with Crippen LogP contribution in [0, 0.1) is 0 Å². The van der Waals surface area contributed by atoms with E-state index in [0.29, 0.717) is 5.25 Å². The van der Waals surface area contributed by atoms with Crippen molar-refractivity contribution in [1.29, 1.82) is 0 Å². The van der Waals surface area contributed by atoms with Gasteiger partial charge in [-0.15, -0.1) is 0 Å². The highest BCUT2D eigenvalue weighted by Gasteiger charge is 2.03. The first-order valence-corrected chi connectivity index (χ1v) is 11.5. The first-order valence-electron chi connectivity index (χ1n) is 10.5. The molecule has 0 bridgehead atoms. The van der Waals surface area contributed by atoms with E-state index >= 15 is 0 Å². The minimum Gasteiger partial charge on any atom is -0.395 e. The summed E-state index contributed by atoms with van der Waals surface area (Å²) in [6.07, 6.45) is 34.9. The minimum atomic E-state index is 0.274. The summed E-state index contributed by atoms with van der Waals surface area (Å²) in [5, 5.41) is 9.67. The van der Waals surface area contributed by atoms with Gasteiger partial charge in [-0.3, -0.25) is 0 Å². The van der Waals surface area contributed by atoms with E-state index < -0.39 is 0 Å². The third-order valence-corrected chi connectivity index (χ3v) is 5.21. The van der Waals surface area contributed by atoms with Gasteiger partial charge in [0.2, 0.25) is 0 Å². The number of hydrogen-bond acceptors (Lipinski definition) is 2. The average Bonchev–Trinajstić information content (AvgIpc) is 2.69. The van der Waals surface area contributed by atoms with E-state index in [1.807, 2.05) is 11.8 Å². The van der Waals surface area contributed by atoms with E-state index in [0.717, 1.165) is 50.7 Å². The Morgan fingerprint density at radius 2 is 1.04 bits per heavy atom. The van der Waals surface area contributed by atoms with E-state index in [1.165, 1.54) is 6.42 Å². The highest BCUT2D eigenvalue weighted by atomic mass is 32.2. The fourth-order valence-corrected chi connectivity index (χ4v) is 3.17. The molecule has 1 N–H and O–H groups in total. The molecule has 0 aromatic rings. The first-order chi connectivity index (χ1) is 13.3. The Balaban J connectivity index is 3.63. The molecule has 0 aliphatic carbocycles. The zero-order chi connectivity index (χ0) is 19.8. The molecular weight excluding hydrogens is 348 g/mol. The predicted octanol–water partition coefficient (Wildman–Crippen LogP) is 7.58. The van der Waals surface area contributed by atoms with Crippen LogP contribution in [-0.4, -0.2) is 22.7 Å². The minimum absolute atomic E-state index is 0.274. The third kappa shape index (κ3) is 20.9. The summed E-state index contributed by atoms with van der Waals surface area (Å²) >= 11 is 1.87. The van der Waals surface area contributed by atoms with Gasteiger partial charge in [0.25, 0.3) is 0 Å². The second-order valence-electron chi connectivity index (χ2n) is 6.33. The lowest BCUT2D eigenvalue weighted by molar-refractivity contribution is 0.295. The monoisotopic (exact) mass is 388 g/mol. The molecule has 1 atom stereocenters. The summed E-state index contributed by atoms with van der Waals surface area (Å²) in [5.41, 5.74) is 0. The van der Waals surface area contributed by atoms with Crippen molar-refractivity contribution in [1.82, 2.24) is 0 Å². The predicted molar refractivity (Wildman–Crippen MR) is 126 cm³/mol. The topological polar surface area (TPSA) is 20.2 Å². The van der Waals surface area contributed by atoms with Crippen LogP contribution in [0.3, 0.4) is 0 Å². The van der Waals surface area contributed by atoms with Crippen LogP contribution in [0.1, 0.15) is 65.2 Å². The van der Waals surface area contributed by atoms with Crippen LogP contribution < -0.4 is 0 Å². The molecule has 2 heteroatoms. The molecular formula is C25H40OS. The molecule has 0 spiro atoms. The Morgan fingerprint density at radius 3 is 1.41 bits per heavy atom. The van der Waals surface area contributed by atoms with Crippen LogP contribution in [0.2, 0.25) is 0 Å². The van der Waals surface area contributed by atoms with Crippen LogP contribution >= 0.6 is 11.8 Å². The molecule has 0 saturated carbocycles. The summed E-state index contributed by atoms with van der Waals surface area (Å²) < 4.78 is 0. The van der Waals surface area contributed by atoms with Crippen molar-refractivity contribution in [3.05, 3.63) is 72.9 Å². The molecule has 0 aromatic carbocycles. The molecule has 1 nitrogen and oxygen atoms in total. The van der Waals surface area contributed by atoms with Gasteiger partial charge in [-0.1, -0.05) is 86.8 Å². The number of aliphatic hydroxyl groups excluding tert-OH is 1. The van der Waals surface area contributed by atoms with E-state index in [-0.39, 0.29) is 6.61 Å². The van der Waals surface area contributed by atoms with E-state index in [1.54, 1.807) is 0 Å². The van der Waals surface area contributed by atoms with E-state index in [4.69, 9.17) is 0 Å². The lowest BCUT2D eigenvalue weighted by atomic mass is 10.2. The Bertz CT molecular complexity index is 469. The Hall–Kier alpha value is -1.25. The highest BCUT2D eigenvalue weighted by molar-refractivity contribution is 7.99.